The Hall–Kier alpha value is -1.92. The summed E-state index contributed by atoms with van der Waals surface area (Å²) in [6.45, 7) is 0. The Kier molecular flexibility index (Phi) is 3.50. The molecule has 1 N–H and O–H groups in total. The van der Waals surface area contributed by atoms with E-state index in [0.29, 0.717) is 12.1 Å². The molecule has 0 radical (unpaired) electrons. The van der Waals surface area contributed by atoms with Crippen molar-refractivity contribution in [2.75, 3.05) is 14.2 Å². The van der Waals surface area contributed by atoms with Crippen LogP contribution < -0.4 is 4.74 Å². The van der Waals surface area contributed by atoms with Crippen LogP contribution >= 0.6 is 0 Å². The first-order chi connectivity index (χ1) is 7.81. The van der Waals surface area contributed by atoms with Crippen molar-refractivity contribution in [3.05, 3.63) is 23.3 Å². The summed E-state index contributed by atoms with van der Waals surface area (Å²) in [7, 11) is 2.13. The van der Waals surface area contributed by atoms with Crippen molar-refractivity contribution in [3.63, 3.8) is 0 Å². The van der Waals surface area contributed by atoms with E-state index in [2.05, 4.69) is 9.47 Å². The van der Waals surface area contributed by atoms with E-state index < -0.39 is 34.8 Å². The van der Waals surface area contributed by atoms with Crippen LogP contribution in [0.25, 0.3) is 0 Å². The molecule has 94 valence electrons. The lowest BCUT2D eigenvalue weighted by molar-refractivity contribution is -0.137. The normalized spacial score (nSPS) is 11.1. The summed E-state index contributed by atoms with van der Waals surface area (Å²) in [5, 5.41) is 9.39. The molecule has 0 unspecified atom stereocenters. The number of phenolic OH excluding ortho intramolecular Hbond substituents is 1. The fraction of sp³-hybridized carbons (Fsp3) is 0.300. The highest BCUT2D eigenvalue weighted by atomic mass is 19.4. The number of hydrogen-bond acceptors (Lipinski definition) is 4. The largest absolute Gasteiger partial charge is 0.507 e. The van der Waals surface area contributed by atoms with Crippen molar-refractivity contribution in [1.82, 2.24) is 0 Å². The second-order valence-corrected chi connectivity index (χ2v) is 3.06. The van der Waals surface area contributed by atoms with Crippen LogP contribution in [0, 0.1) is 0 Å². The van der Waals surface area contributed by atoms with E-state index >= 15 is 0 Å². The highest BCUT2D eigenvalue weighted by Gasteiger charge is 2.33. The number of rotatable bonds is 2. The molecule has 7 heteroatoms. The quantitative estimate of drug-likeness (QED) is 0.817. The van der Waals surface area contributed by atoms with Crippen LogP contribution in [0.5, 0.6) is 11.5 Å². The number of phenols is 1. The zero-order valence-corrected chi connectivity index (χ0v) is 8.96. The monoisotopic (exact) mass is 250 g/mol. The van der Waals surface area contributed by atoms with Gasteiger partial charge in [0.2, 0.25) is 0 Å². The van der Waals surface area contributed by atoms with Crippen LogP contribution in [0.15, 0.2) is 12.1 Å². The van der Waals surface area contributed by atoms with Gasteiger partial charge in [0.1, 0.15) is 17.1 Å². The highest BCUT2D eigenvalue weighted by molar-refractivity contribution is 5.95. The number of hydrogen-bond donors (Lipinski definition) is 1. The van der Waals surface area contributed by atoms with Crippen LogP contribution in [-0.4, -0.2) is 25.3 Å². The third kappa shape index (κ3) is 2.61. The fourth-order valence-corrected chi connectivity index (χ4v) is 1.23. The first-order valence-electron chi connectivity index (χ1n) is 4.37. The number of carbonyl (C=O) groups excluding carboxylic acids is 1. The summed E-state index contributed by atoms with van der Waals surface area (Å²) in [5.41, 5.74) is -1.55. The van der Waals surface area contributed by atoms with Gasteiger partial charge in [0.05, 0.1) is 19.8 Å². The summed E-state index contributed by atoms with van der Waals surface area (Å²) in [6, 6.07) is 1.06. The molecule has 4 nitrogen and oxygen atoms in total. The maximum absolute atomic E-state index is 12.4. The molecule has 17 heavy (non-hydrogen) atoms. The Bertz CT molecular complexity index is 440. The van der Waals surface area contributed by atoms with Gasteiger partial charge in [0, 0.05) is 0 Å². The molecule has 0 aliphatic carbocycles. The molecule has 0 saturated carbocycles. The van der Waals surface area contributed by atoms with Gasteiger partial charge in [-0.15, -0.1) is 0 Å². The zero-order valence-electron chi connectivity index (χ0n) is 8.96. The zero-order chi connectivity index (χ0) is 13.2. The molecule has 0 saturated heterocycles. The van der Waals surface area contributed by atoms with E-state index in [1.165, 1.54) is 0 Å². The predicted molar refractivity (Wildman–Crippen MR) is 51.0 cm³/mol. The standard InChI is InChI=1S/C10H9F3O4/c1-16-7-4-5(10(11,12)13)3-6(14)8(7)9(15)17-2/h3-4,14H,1-2H3. The number of halogens is 3. The van der Waals surface area contributed by atoms with Crippen LogP contribution in [0.2, 0.25) is 0 Å². The Labute approximate surface area is 94.6 Å². The minimum Gasteiger partial charge on any atom is -0.507 e. The van der Waals surface area contributed by atoms with Gasteiger partial charge >= 0.3 is 12.1 Å². The van der Waals surface area contributed by atoms with E-state index in [9.17, 15) is 23.1 Å². The fourth-order valence-electron chi connectivity index (χ4n) is 1.23. The maximum atomic E-state index is 12.4. The van der Waals surface area contributed by atoms with Crippen molar-refractivity contribution in [3.8, 4) is 11.5 Å². The predicted octanol–water partition coefficient (Wildman–Crippen LogP) is 2.21. The minimum atomic E-state index is -4.64. The van der Waals surface area contributed by atoms with Crippen molar-refractivity contribution >= 4 is 5.97 Å². The molecule has 0 amide bonds. The van der Waals surface area contributed by atoms with Gasteiger partial charge in [-0.2, -0.15) is 13.2 Å². The summed E-state index contributed by atoms with van der Waals surface area (Å²) < 4.78 is 46.2. The number of carbonyl (C=O) groups is 1. The SMILES string of the molecule is COC(=O)c1c(O)cc(C(F)(F)F)cc1OC. The molecule has 0 aromatic heterocycles. The molecular formula is C10H9F3O4. The number of aromatic hydroxyl groups is 1. The van der Waals surface area contributed by atoms with Crippen molar-refractivity contribution in [1.29, 1.82) is 0 Å². The van der Waals surface area contributed by atoms with Crippen molar-refractivity contribution in [2.24, 2.45) is 0 Å². The third-order valence-corrected chi connectivity index (χ3v) is 2.02. The Balaban J connectivity index is 3.41. The lowest BCUT2D eigenvalue weighted by atomic mass is 10.1. The topological polar surface area (TPSA) is 55.8 Å². The molecule has 1 aromatic carbocycles. The molecule has 1 rings (SSSR count). The first-order valence-corrected chi connectivity index (χ1v) is 4.37. The van der Waals surface area contributed by atoms with Crippen molar-refractivity contribution < 1.29 is 32.5 Å². The smallest absolute Gasteiger partial charge is 0.416 e. The van der Waals surface area contributed by atoms with Crippen LogP contribution in [0.4, 0.5) is 13.2 Å². The van der Waals surface area contributed by atoms with E-state index in [0.717, 1.165) is 14.2 Å². The Morgan fingerprint density at radius 3 is 2.29 bits per heavy atom. The molecular weight excluding hydrogens is 241 g/mol. The number of alkyl halides is 3. The molecule has 0 spiro atoms. The number of benzene rings is 1. The molecule has 0 aliphatic rings. The third-order valence-electron chi connectivity index (χ3n) is 2.02. The van der Waals surface area contributed by atoms with Gasteiger partial charge in [-0.25, -0.2) is 4.79 Å². The average molecular weight is 250 g/mol. The Morgan fingerprint density at radius 2 is 1.88 bits per heavy atom. The second kappa shape index (κ2) is 4.52. The first kappa shape index (κ1) is 13.1. The molecule has 0 aliphatic heterocycles. The number of esters is 1. The molecule has 0 bridgehead atoms. The highest BCUT2D eigenvalue weighted by Crippen LogP contribution is 2.37. The maximum Gasteiger partial charge on any atom is 0.416 e. The molecule has 0 atom stereocenters. The Morgan fingerprint density at radius 1 is 1.29 bits per heavy atom. The summed E-state index contributed by atoms with van der Waals surface area (Å²) >= 11 is 0. The summed E-state index contributed by atoms with van der Waals surface area (Å²) in [6.07, 6.45) is -4.64. The van der Waals surface area contributed by atoms with Gasteiger partial charge in [0.25, 0.3) is 0 Å². The van der Waals surface area contributed by atoms with E-state index in [-0.39, 0.29) is 0 Å². The van der Waals surface area contributed by atoms with Gasteiger partial charge in [0.15, 0.2) is 0 Å². The van der Waals surface area contributed by atoms with Crippen molar-refractivity contribution in [2.45, 2.75) is 6.18 Å². The lowest BCUT2D eigenvalue weighted by Crippen LogP contribution is -2.09. The molecule has 1 aromatic rings. The molecule has 0 fully saturated rings. The number of methoxy groups -OCH3 is 2. The molecule has 0 heterocycles. The summed E-state index contributed by atoms with van der Waals surface area (Å²) in [5.74, 6) is -2.22. The average Bonchev–Trinajstić information content (AvgIpc) is 2.25. The van der Waals surface area contributed by atoms with Gasteiger partial charge < -0.3 is 14.6 Å². The van der Waals surface area contributed by atoms with E-state index in [1.54, 1.807) is 0 Å². The van der Waals surface area contributed by atoms with Gasteiger partial charge in [-0.1, -0.05) is 0 Å². The van der Waals surface area contributed by atoms with E-state index in [4.69, 9.17) is 0 Å². The van der Waals surface area contributed by atoms with E-state index in [1.807, 2.05) is 0 Å². The van der Waals surface area contributed by atoms with Gasteiger partial charge in [-0.3, -0.25) is 0 Å². The van der Waals surface area contributed by atoms with Crippen LogP contribution in [-0.2, 0) is 10.9 Å². The lowest BCUT2D eigenvalue weighted by Gasteiger charge is -2.13. The second-order valence-electron chi connectivity index (χ2n) is 3.06. The number of ether oxygens (including phenoxy) is 2. The van der Waals surface area contributed by atoms with Crippen LogP contribution in [0.3, 0.4) is 0 Å². The summed E-state index contributed by atoms with van der Waals surface area (Å²) in [4.78, 5) is 11.2. The minimum absolute atomic E-state index is 0.399. The van der Waals surface area contributed by atoms with Crippen LogP contribution in [0.1, 0.15) is 15.9 Å². The van der Waals surface area contributed by atoms with Gasteiger partial charge in [-0.05, 0) is 12.1 Å².